The van der Waals surface area contributed by atoms with Crippen molar-refractivity contribution in [3.63, 3.8) is 0 Å². The van der Waals surface area contributed by atoms with E-state index in [1.807, 2.05) is 41.3 Å². The van der Waals surface area contributed by atoms with Crippen LogP contribution < -0.4 is 10.2 Å². The molecule has 4 aliphatic rings. The summed E-state index contributed by atoms with van der Waals surface area (Å²) in [6, 6.07) is 15.9. The van der Waals surface area contributed by atoms with Crippen molar-refractivity contribution in [3.8, 4) is 0 Å². The molecule has 4 atom stereocenters. The van der Waals surface area contributed by atoms with Crippen LogP contribution >= 0.6 is 35.6 Å². The van der Waals surface area contributed by atoms with Crippen LogP contribution in [0.15, 0.2) is 48.5 Å². The van der Waals surface area contributed by atoms with E-state index in [0.717, 1.165) is 61.9 Å². The van der Waals surface area contributed by atoms with Crippen LogP contribution in [0.1, 0.15) is 62.5 Å². The van der Waals surface area contributed by atoms with Crippen molar-refractivity contribution < 1.29 is 9.59 Å². The van der Waals surface area contributed by atoms with E-state index in [-0.39, 0.29) is 17.9 Å². The Bertz CT molecular complexity index is 1240. The number of hydrogen-bond acceptors (Lipinski definition) is 5. The molecule has 8 heteroatoms. The summed E-state index contributed by atoms with van der Waals surface area (Å²) in [5.74, 6) is -0.375. The fourth-order valence-corrected chi connectivity index (χ4v) is 9.24. The Labute approximate surface area is 226 Å². The van der Waals surface area contributed by atoms with Crippen LogP contribution in [0.2, 0.25) is 5.02 Å². The molecular formula is C28H30ClN3O2S2. The monoisotopic (exact) mass is 539 g/mol. The molecule has 5 nitrogen and oxygen atoms in total. The van der Waals surface area contributed by atoms with Crippen LogP contribution in [0, 0.1) is 0 Å². The van der Waals surface area contributed by atoms with Gasteiger partial charge in [0, 0.05) is 34.8 Å². The lowest BCUT2D eigenvalue weighted by molar-refractivity contribution is -0.129. The summed E-state index contributed by atoms with van der Waals surface area (Å²) < 4.78 is -0.374. The maximum atomic E-state index is 14.9. The lowest BCUT2D eigenvalue weighted by Crippen LogP contribution is -2.53. The number of halogens is 1. The zero-order valence-corrected chi connectivity index (χ0v) is 22.7. The number of thiocarbonyl (C=S) groups is 1. The molecule has 0 bridgehead atoms. The van der Waals surface area contributed by atoms with Crippen LogP contribution in [0.5, 0.6) is 0 Å². The van der Waals surface area contributed by atoms with E-state index < -0.39 is 16.2 Å². The number of hydrogen-bond donors (Lipinski definition) is 1. The summed E-state index contributed by atoms with van der Waals surface area (Å²) in [5, 5.41) is 3.59. The Morgan fingerprint density at radius 1 is 1.11 bits per heavy atom. The molecule has 2 aromatic rings. The minimum atomic E-state index is -0.958. The molecule has 0 aromatic heterocycles. The second kappa shape index (κ2) is 9.12. The number of amides is 2. The summed E-state index contributed by atoms with van der Waals surface area (Å²) in [4.78, 5) is 33.1. The van der Waals surface area contributed by atoms with Crippen LogP contribution in [0.3, 0.4) is 0 Å². The van der Waals surface area contributed by atoms with Gasteiger partial charge >= 0.3 is 0 Å². The number of fused-ring (bicyclic) bond motifs is 5. The van der Waals surface area contributed by atoms with Crippen molar-refractivity contribution in [1.82, 2.24) is 10.2 Å². The van der Waals surface area contributed by atoms with Gasteiger partial charge in [-0.2, -0.15) is 0 Å². The largest absolute Gasteiger partial charge is 0.310 e. The first-order valence-corrected chi connectivity index (χ1v) is 14.5. The van der Waals surface area contributed by atoms with Gasteiger partial charge in [-0.05, 0) is 49.6 Å². The SMILES string of the molecule is CCCCCCN1C(=O)[C@]2(c3ccccc31)[C@H](c1ccc(Cl)cc1)[C@]1(SC(=S)NC1=O)[C@@H]1CCCN12. The molecule has 2 spiro atoms. The van der Waals surface area contributed by atoms with Crippen LogP contribution in [0.25, 0.3) is 0 Å². The second-order valence-electron chi connectivity index (χ2n) is 10.3. The van der Waals surface area contributed by atoms with Gasteiger partial charge in [0.2, 0.25) is 5.91 Å². The van der Waals surface area contributed by atoms with E-state index in [0.29, 0.717) is 15.9 Å². The standard InChI is InChI=1S/C28H30ClN3O2S2/c1-2-3-4-7-16-31-21-10-6-5-9-20(21)27(25(31)34)23(18-12-14-19(29)15-13-18)28(22-11-8-17-32(22)27)24(33)30-26(35)36-28/h5-6,9-10,12-15,22-23H,2-4,7-8,11,16-17H2,1H3,(H,30,33,35)/t22-,23-,27-,28+/m0/s1. The molecule has 4 heterocycles. The molecule has 2 amide bonds. The van der Waals surface area contributed by atoms with E-state index in [1.54, 1.807) is 0 Å². The molecule has 0 saturated carbocycles. The first-order chi connectivity index (χ1) is 17.5. The number of anilines is 1. The van der Waals surface area contributed by atoms with Crippen molar-refractivity contribution in [2.75, 3.05) is 18.0 Å². The topological polar surface area (TPSA) is 52.7 Å². The molecular weight excluding hydrogens is 510 g/mol. The average Bonchev–Trinajstić information content (AvgIpc) is 3.58. The maximum Gasteiger partial charge on any atom is 0.252 e. The Kier molecular flexibility index (Phi) is 6.18. The van der Waals surface area contributed by atoms with E-state index in [9.17, 15) is 9.59 Å². The van der Waals surface area contributed by atoms with Crippen molar-refractivity contribution in [1.29, 1.82) is 0 Å². The van der Waals surface area contributed by atoms with E-state index in [2.05, 4.69) is 29.3 Å². The number of nitrogens with one attached hydrogen (secondary N) is 1. The molecule has 188 valence electrons. The highest BCUT2D eigenvalue weighted by Gasteiger charge is 2.78. The minimum Gasteiger partial charge on any atom is -0.310 e. The molecule has 3 saturated heterocycles. The number of carbonyl (C=O) groups is 2. The second-order valence-corrected chi connectivity index (χ2v) is 12.7. The number of thioether (sulfide) groups is 1. The van der Waals surface area contributed by atoms with Gasteiger partial charge in [-0.3, -0.25) is 14.5 Å². The number of benzene rings is 2. The predicted octanol–water partition coefficient (Wildman–Crippen LogP) is 5.61. The number of nitrogens with zero attached hydrogens (tertiary/aromatic N) is 2. The smallest absolute Gasteiger partial charge is 0.252 e. The van der Waals surface area contributed by atoms with Gasteiger partial charge in [0.15, 0.2) is 0 Å². The van der Waals surface area contributed by atoms with Crippen molar-refractivity contribution in [2.45, 2.75) is 67.7 Å². The highest BCUT2D eigenvalue weighted by atomic mass is 35.5. The van der Waals surface area contributed by atoms with E-state index in [4.69, 9.17) is 23.8 Å². The van der Waals surface area contributed by atoms with Gasteiger partial charge in [0.1, 0.15) is 14.6 Å². The quantitative estimate of drug-likeness (QED) is 0.382. The maximum absolute atomic E-state index is 14.9. The van der Waals surface area contributed by atoms with Crippen molar-refractivity contribution in [3.05, 3.63) is 64.7 Å². The number of para-hydroxylation sites is 1. The molecule has 2 aromatic carbocycles. The summed E-state index contributed by atoms with van der Waals surface area (Å²) in [6.45, 7) is 3.66. The van der Waals surface area contributed by atoms with Gasteiger partial charge in [-0.25, -0.2) is 0 Å². The zero-order valence-electron chi connectivity index (χ0n) is 20.3. The van der Waals surface area contributed by atoms with Gasteiger partial charge in [-0.1, -0.05) is 92.1 Å². The molecule has 36 heavy (non-hydrogen) atoms. The lowest BCUT2D eigenvalue weighted by atomic mass is 9.70. The first-order valence-electron chi connectivity index (χ1n) is 12.9. The average molecular weight is 540 g/mol. The third-order valence-corrected chi connectivity index (χ3v) is 10.4. The fourth-order valence-electron chi connectivity index (χ4n) is 7.21. The summed E-state index contributed by atoms with van der Waals surface area (Å²) >= 11 is 13.3. The summed E-state index contributed by atoms with van der Waals surface area (Å²) in [6.07, 6.45) is 6.18. The molecule has 4 aliphatic heterocycles. The predicted molar refractivity (Wildman–Crippen MR) is 150 cm³/mol. The van der Waals surface area contributed by atoms with Gasteiger partial charge in [0.05, 0.1) is 0 Å². The summed E-state index contributed by atoms with van der Waals surface area (Å²) in [5.41, 5.74) is 1.99. The van der Waals surface area contributed by atoms with Crippen LogP contribution in [0.4, 0.5) is 5.69 Å². The first kappa shape index (κ1) is 24.4. The highest BCUT2D eigenvalue weighted by molar-refractivity contribution is 8.25. The Morgan fingerprint density at radius 2 is 1.89 bits per heavy atom. The van der Waals surface area contributed by atoms with E-state index in [1.165, 1.54) is 11.8 Å². The van der Waals surface area contributed by atoms with Crippen molar-refractivity contribution in [2.24, 2.45) is 0 Å². The number of unbranched alkanes of at least 4 members (excludes halogenated alkanes) is 3. The van der Waals surface area contributed by atoms with E-state index >= 15 is 0 Å². The number of carbonyl (C=O) groups excluding carboxylic acids is 2. The molecule has 3 fully saturated rings. The molecule has 0 aliphatic carbocycles. The van der Waals surface area contributed by atoms with Crippen LogP contribution in [-0.4, -0.2) is 44.9 Å². The fraction of sp³-hybridized carbons (Fsp3) is 0.464. The Hall–Kier alpha value is -1.93. The van der Waals surface area contributed by atoms with Gasteiger partial charge < -0.3 is 10.2 Å². The third-order valence-electron chi connectivity index (χ3n) is 8.49. The van der Waals surface area contributed by atoms with Gasteiger partial charge in [0.25, 0.3) is 5.91 Å². The van der Waals surface area contributed by atoms with Crippen molar-refractivity contribution >= 4 is 57.4 Å². The highest BCUT2D eigenvalue weighted by Crippen LogP contribution is 2.68. The molecule has 0 radical (unpaired) electrons. The van der Waals surface area contributed by atoms with Crippen LogP contribution in [-0.2, 0) is 15.1 Å². The molecule has 6 rings (SSSR count). The molecule has 1 N–H and O–H groups in total. The third kappa shape index (κ3) is 3.22. The van der Waals surface area contributed by atoms with Gasteiger partial charge in [-0.15, -0.1) is 0 Å². The minimum absolute atomic E-state index is 0.0714. The lowest BCUT2D eigenvalue weighted by Gasteiger charge is -2.39. The number of rotatable bonds is 6. The summed E-state index contributed by atoms with van der Waals surface area (Å²) in [7, 11) is 0. The molecule has 0 unspecified atom stereocenters. The zero-order chi connectivity index (χ0) is 25.1. The Balaban J connectivity index is 1.58. The normalized spacial score (nSPS) is 31.1. The Morgan fingerprint density at radius 3 is 2.61 bits per heavy atom.